The molecule has 1 saturated carbocycles. The number of aromatic nitrogens is 1. The predicted octanol–water partition coefficient (Wildman–Crippen LogP) is 5.36. The number of amides is 1. The molecule has 1 N–H and O–H groups in total. The Kier molecular flexibility index (Phi) is 4.21. The maximum Gasteiger partial charge on any atom is 0.236 e. The highest BCUT2D eigenvalue weighted by atomic mass is 35.5. The lowest BCUT2D eigenvalue weighted by atomic mass is 9.94. The molecule has 29 heavy (non-hydrogen) atoms. The van der Waals surface area contributed by atoms with Gasteiger partial charge < -0.3 is 14.8 Å². The standard InChI is InChI=1S/C23H19ClN2O3.H2/c1-14-18(15-3-2-4-17(24)11-15)6-8-21(25-14)26-22(27)23(9-10-23)16-5-7-19-20(12-16)29-13-28-19;/h2-8,11-12H,9-10,13H2,1H3,(H,25,26,27);1H. The summed E-state index contributed by atoms with van der Waals surface area (Å²) in [6.45, 7) is 2.15. The lowest BCUT2D eigenvalue weighted by Crippen LogP contribution is -2.28. The number of carbonyl (C=O) groups is 1. The van der Waals surface area contributed by atoms with E-state index < -0.39 is 5.41 Å². The molecule has 0 saturated heterocycles. The van der Waals surface area contributed by atoms with E-state index in [4.69, 9.17) is 21.1 Å². The van der Waals surface area contributed by atoms with E-state index in [-0.39, 0.29) is 14.1 Å². The topological polar surface area (TPSA) is 60.5 Å². The highest BCUT2D eigenvalue weighted by Crippen LogP contribution is 2.51. The van der Waals surface area contributed by atoms with Crippen LogP contribution in [0, 0.1) is 6.92 Å². The Bertz CT molecular complexity index is 1130. The van der Waals surface area contributed by atoms with Crippen molar-refractivity contribution in [2.24, 2.45) is 0 Å². The largest absolute Gasteiger partial charge is 0.454 e. The lowest BCUT2D eigenvalue weighted by molar-refractivity contribution is -0.118. The third-order valence-corrected chi connectivity index (χ3v) is 5.81. The molecule has 148 valence electrons. The van der Waals surface area contributed by atoms with E-state index >= 15 is 0 Å². The lowest BCUT2D eigenvalue weighted by Gasteiger charge is -2.16. The second-order valence-corrected chi connectivity index (χ2v) is 7.88. The number of nitrogens with one attached hydrogen (secondary N) is 1. The Morgan fingerprint density at radius 3 is 2.69 bits per heavy atom. The SMILES string of the molecule is Cc1nc(NC(=O)C2(c3ccc4c(c3)OCO4)CC2)ccc1-c1cccc(Cl)c1.[HH]. The number of rotatable bonds is 4. The van der Waals surface area contributed by atoms with Gasteiger partial charge in [0, 0.05) is 17.7 Å². The van der Waals surface area contributed by atoms with Crippen LogP contribution in [0.2, 0.25) is 5.02 Å². The fourth-order valence-corrected chi connectivity index (χ4v) is 3.98. The van der Waals surface area contributed by atoms with Crippen LogP contribution in [0.15, 0.2) is 54.6 Å². The van der Waals surface area contributed by atoms with Gasteiger partial charge in [-0.15, -0.1) is 0 Å². The zero-order valence-corrected chi connectivity index (χ0v) is 16.6. The monoisotopic (exact) mass is 408 g/mol. The summed E-state index contributed by atoms with van der Waals surface area (Å²) >= 11 is 6.10. The quantitative estimate of drug-likeness (QED) is 0.631. The normalized spacial score (nSPS) is 15.8. The predicted molar refractivity (Wildman–Crippen MR) is 114 cm³/mol. The summed E-state index contributed by atoms with van der Waals surface area (Å²) in [4.78, 5) is 17.7. The number of carbonyl (C=O) groups excluding carboxylic acids is 1. The van der Waals surface area contributed by atoms with E-state index in [1.807, 2.05) is 61.5 Å². The summed E-state index contributed by atoms with van der Waals surface area (Å²) in [6.07, 6.45) is 1.61. The molecule has 0 unspecified atom stereocenters. The summed E-state index contributed by atoms with van der Waals surface area (Å²) in [5.74, 6) is 1.92. The molecule has 0 bridgehead atoms. The molecule has 0 atom stereocenters. The van der Waals surface area contributed by atoms with Crippen molar-refractivity contribution in [2.75, 3.05) is 12.1 Å². The van der Waals surface area contributed by atoms with Crippen molar-refractivity contribution in [1.82, 2.24) is 4.98 Å². The third kappa shape index (κ3) is 3.21. The molecule has 1 aliphatic carbocycles. The smallest absolute Gasteiger partial charge is 0.236 e. The Balaban J connectivity index is 0.00000218. The molecule has 5 rings (SSSR count). The van der Waals surface area contributed by atoms with Crippen molar-refractivity contribution in [3.8, 4) is 22.6 Å². The molecule has 6 heteroatoms. The van der Waals surface area contributed by atoms with Crippen molar-refractivity contribution in [2.45, 2.75) is 25.2 Å². The molecule has 5 nitrogen and oxygen atoms in total. The third-order valence-electron chi connectivity index (χ3n) is 5.57. The van der Waals surface area contributed by atoms with Gasteiger partial charge in [0.15, 0.2) is 11.5 Å². The average Bonchev–Trinajstić information content (AvgIpc) is 3.39. The van der Waals surface area contributed by atoms with Gasteiger partial charge in [-0.05, 0) is 67.3 Å². The summed E-state index contributed by atoms with van der Waals surface area (Å²) in [5.41, 5.74) is 3.24. The van der Waals surface area contributed by atoms with Gasteiger partial charge >= 0.3 is 0 Å². The molecule has 1 aliphatic heterocycles. The highest BCUT2D eigenvalue weighted by molar-refractivity contribution is 6.30. The fraction of sp³-hybridized carbons (Fsp3) is 0.217. The number of aryl methyl sites for hydroxylation is 1. The van der Waals surface area contributed by atoms with Gasteiger partial charge in [-0.25, -0.2) is 4.98 Å². The summed E-state index contributed by atoms with van der Waals surface area (Å²) in [6, 6.07) is 17.2. The summed E-state index contributed by atoms with van der Waals surface area (Å²) < 4.78 is 10.8. The van der Waals surface area contributed by atoms with Crippen molar-refractivity contribution in [3.05, 3.63) is 70.9 Å². The van der Waals surface area contributed by atoms with E-state index in [1.165, 1.54) is 0 Å². The summed E-state index contributed by atoms with van der Waals surface area (Å²) in [5, 5.41) is 3.67. The molecular weight excluding hydrogens is 388 g/mol. The zero-order chi connectivity index (χ0) is 20.0. The first-order chi connectivity index (χ1) is 14.0. The van der Waals surface area contributed by atoms with E-state index in [0.29, 0.717) is 16.6 Å². The minimum absolute atomic E-state index is 0. The number of pyridine rings is 1. The van der Waals surface area contributed by atoms with Crippen molar-refractivity contribution in [3.63, 3.8) is 0 Å². The molecule has 2 aliphatic rings. The number of halogens is 1. The van der Waals surface area contributed by atoms with Gasteiger partial charge in [-0.1, -0.05) is 29.8 Å². The fourth-order valence-electron chi connectivity index (χ4n) is 3.79. The van der Waals surface area contributed by atoms with Gasteiger partial charge in [0.05, 0.1) is 5.41 Å². The molecule has 3 aromatic rings. The van der Waals surface area contributed by atoms with Crippen LogP contribution in [0.4, 0.5) is 5.82 Å². The maximum atomic E-state index is 13.1. The molecule has 0 spiro atoms. The number of benzene rings is 2. The maximum absolute atomic E-state index is 13.1. The average molecular weight is 409 g/mol. The highest BCUT2D eigenvalue weighted by Gasteiger charge is 2.51. The molecule has 1 fully saturated rings. The molecule has 1 amide bonds. The Morgan fingerprint density at radius 1 is 1.10 bits per heavy atom. The molecule has 0 radical (unpaired) electrons. The second-order valence-electron chi connectivity index (χ2n) is 7.44. The Hall–Kier alpha value is -3.05. The van der Waals surface area contributed by atoms with Crippen LogP contribution < -0.4 is 14.8 Å². The van der Waals surface area contributed by atoms with Crippen LogP contribution in [0.5, 0.6) is 11.5 Å². The minimum Gasteiger partial charge on any atom is -0.454 e. The van der Waals surface area contributed by atoms with Crippen molar-refractivity contribution >= 4 is 23.3 Å². The number of nitrogens with zero attached hydrogens (tertiary/aromatic N) is 1. The van der Waals surface area contributed by atoms with Crippen LogP contribution in [-0.4, -0.2) is 17.7 Å². The number of hydrogen-bond donors (Lipinski definition) is 1. The van der Waals surface area contributed by atoms with Gasteiger partial charge in [-0.2, -0.15) is 0 Å². The first-order valence-corrected chi connectivity index (χ1v) is 9.88. The van der Waals surface area contributed by atoms with E-state index in [1.54, 1.807) is 0 Å². The van der Waals surface area contributed by atoms with Crippen LogP contribution >= 0.6 is 11.6 Å². The number of hydrogen-bond acceptors (Lipinski definition) is 4. The second kappa shape index (κ2) is 6.78. The molecule has 1 aromatic heterocycles. The first-order valence-electron chi connectivity index (χ1n) is 9.50. The van der Waals surface area contributed by atoms with Gasteiger partial charge in [0.1, 0.15) is 5.82 Å². The van der Waals surface area contributed by atoms with E-state index in [2.05, 4.69) is 10.3 Å². The van der Waals surface area contributed by atoms with E-state index in [0.717, 1.165) is 41.0 Å². The number of anilines is 1. The van der Waals surface area contributed by atoms with Crippen molar-refractivity contribution < 1.29 is 15.7 Å². The Labute approximate surface area is 175 Å². The molecular formula is C23H21ClN2O3. The van der Waals surface area contributed by atoms with Gasteiger partial charge in [-0.3, -0.25) is 4.79 Å². The Morgan fingerprint density at radius 2 is 1.93 bits per heavy atom. The number of ether oxygens (including phenoxy) is 2. The summed E-state index contributed by atoms with van der Waals surface area (Å²) in [7, 11) is 0. The number of fused-ring (bicyclic) bond motifs is 1. The zero-order valence-electron chi connectivity index (χ0n) is 15.9. The molecule has 2 aromatic carbocycles. The van der Waals surface area contributed by atoms with Crippen LogP contribution in [-0.2, 0) is 10.2 Å². The van der Waals surface area contributed by atoms with Crippen LogP contribution in [0.3, 0.4) is 0 Å². The first kappa shape index (κ1) is 18.0. The van der Waals surface area contributed by atoms with E-state index in [9.17, 15) is 4.79 Å². The van der Waals surface area contributed by atoms with Crippen LogP contribution in [0.1, 0.15) is 25.5 Å². The van der Waals surface area contributed by atoms with Gasteiger partial charge in [0.2, 0.25) is 12.7 Å². The van der Waals surface area contributed by atoms with Gasteiger partial charge in [0.25, 0.3) is 0 Å². The van der Waals surface area contributed by atoms with Crippen molar-refractivity contribution in [1.29, 1.82) is 0 Å². The van der Waals surface area contributed by atoms with Crippen LogP contribution in [0.25, 0.3) is 11.1 Å². The molecule has 2 heterocycles. The minimum atomic E-state index is -0.526.